The van der Waals surface area contributed by atoms with Crippen LogP contribution in [0.4, 0.5) is 4.79 Å². The van der Waals surface area contributed by atoms with Crippen LogP contribution in [0.5, 0.6) is 0 Å². The summed E-state index contributed by atoms with van der Waals surface area (Å²) in [6.07, 6.45) is 0.679. The third-order valence-electron chi connectivity index (χ3n) is 5.45. The lowest BCUT2D eigenvalue weighted by Gasteiger charge is -2.36. The summed E-state index contributed by atoms with van der Waals surface area (Å²) < 4.78 is 5.03. The van der Waals surface area contributed by atoms with E-state index in [2.05, 4.69) is 4.98 Å². The zero-order valence-electron chi connectivity index (χ0n) is 16.1. The minimum Gasteiger partial charge on any atom is -0.450 e. The molecule has 0 saturated carbocycles. The second-order valence-corrected chi connectivity index (χ2v) is 7.71. The molecule has 1 fully saturated rings. The van der Waals surface area contributed by atoms with Crippen LogP contribution < -0.4 is 0 Å². The Morgan fingerprint density at radius 2 is 1.93 bits per heavy atom. The normalized spacial score (nSPS) is 21.3. The van der Waals surface area contributed by atoms with Crippen molar-refractivity contribution in [1.29, 1.82) is 0 Å². The predicted molar refractivity (Wildman–Crippen MR) is 110 cm³/mol. The molecule has 1 amide bonds. The molecule has 1 aliphatic carbocycles. The Hall–Kier alpha value is -2.41. The number of piperidine rings is 1. The first-order valence-corrected chi connectivity index (χ1v) is 10.1. The van der Waals surface area contributed by atoms with E-state index in [-0.39, 0.29) is 19.7 Å². The first-order chi connectivity index (χ1) is 14.0. The number of nitrogens with zero attached hydrogens (tertiary/aromatic N) is 2. The first kappa shape index (κ1) is 19.9. The number of rotatable bonds is 1. The van der Waals surface area contributed by atoms with Crippen molar-refractivity contribution in [3.05, 3.63) is 69.5 Å². The van der Waals surface area contributed by atoms with E-state index in [0.29, 0.717) is 10.6 Å². The van der Waals surface area contributed by atoms with Crippen molar-refractivity contribution in [2.45, 2.75) is 32.0 Å². The minimum absolute atomic E-state index is 0.0554. The number of carbonyl (C=O) groups is 1. The zero-order valence-corrected chi connectivity index (χ0v) is 16.9. The molecule has 0 radical (unpaired) electrons. The Labute approximate surface area is 174 Å². The molecule has 4 rings (SSSR count). The van der Waals surface area contributed by atoms with Gasteiger partial charge in [-0.3, -0.25) is 4.98 Å². The van der Waals surface area contributed by atoms with Crippen LogP contribution in [0.2, 0.25) is 5.02 Å². The van der Waals surface area contributed by atoms with Crippen LogP contribution in [0.1, 0.15) is 29.3 Å². The molecule has 1 aromatic heterocycles. The number of benzene rings is 1. The lowest BCUT2D eigenvalue weighted by Crippen LogP contribution is -2.50. The number of likely N-dealkylation sites (tertiary alicyclic amines) is 1. The summed E-state index contributed by atoms with van der Waals surface area (Å²) in [5.41, 5.74) is 4.97. The molecule has 0 bridgehead atoms. The van der Waals surface area contributed by atoms with Gasteiger partial charge in [0.25, 0.3) is 0 Å². The smallest absolute Gasteiger partial charge is 0.409 e. The number of hydrogen-bond acceptors (Lipinski definition) is 5. The van der Waals surface area contributed by atoms with Crippen LogP contribution in [-0.2, 0) is 17.6 Å². The van der Waals surface area contributed by atoms with Crippen molar-refractivity contribution in [3.8, 4) is 0 Å². The topological polar surface area (TPSA) is 82.9 Å². The average Bonchev–Trinajstić information content (AvgIpc) is 2.85. The summed E-state index contributed by atoms with van der Waals surface area (Å²) in [6.45, 7) is 2.07. The summed E-state index contributed by atoms with van der Waals surface area (Å²) in [6, 6.07) is 9.56. The van der Waals surface area contributed by atoms with Gasteiger partial charge < -0.3 is 19.8 Å². The van der Waals surface area contributed by atoms with Crippen LogP contribution in [0.15, 0.2) is 42.1 Å². The molecule has 7 heteroatoms. The van der Waals surface area contributed by atoms with Gasteiger partial charge in [-0.25, -0.2) is 4.79 Å². The molecule has 2 aliphatic rings. The largest absolute Gasteiger partial charge is 0.450 e. The minimum atomic E-state index is -1.03. The summed E-state index contributed by atoms with van der Waals surface area (Å²) in [7, 11) is 0. The summed E-state index contributed by atoms with van der Waals surface area (Å²) in [4.78, 5) is 18.0. The predicted octanol–water partition coefficient (Wildman–Crippen LogP) is 2.83. The van der Waals surface area contributed by atoms with E-state index in [0.717, 1.165) is 40.8 Å². The maximum atomic E-state index is 12.1. The number of halogens is 1. The van der Waals surface area contributed by atoms with Crippen molar-refractivity contribution >= 4 is 23.3 Å². The molecule has 1 saturated heterocycles. The summed E-state index contributed by atoms with van der Waals surface area (Å²) in [5.74, 6) is 0. The third kappa shape index (κ3) is 3.75. The SMILES string of the molecule is CCOC(=O)N1CC(O)C(=C2c3ccc(Cl)cc3CCc3cccnc32)C(O)C1. The lowest BCUT2D eigenvalue weighted by molar-refractivity contribution is 0.0312. The van der Waals surface area contributed by atoms with E-state index < -0.39 is 18.3 Å². The van der Waals surface area contributed by atoms with Crippen molar-refractivity contribution in [2.75, 3.05) is 19.7 Å². The third-order valence-corrected chi connectivity index (χ3v) is 5.68. The fraction of sp³-hybridized carbons (Fsp3) is 0.364. The average molecular weight is 415 g/mol. The number of aryl methyl sites for hydroxylation is 2. The molecule has 6 nitrogen and oxygen atoms in total. The van der Waals surface area contributed by atoms with Gasteiger partial charge in [0.15, 0.2) is 0 Å². The van der Waals surface area contributed by atoms with Gasteiger partial charge in [-0.05, 0) is 54.7 Å². The van der Waals surface area contributed by atoms with Crippen LogP contribution >= 0.6 is 11.6 Å². The van der Waals surface area contributed by atoms with E-state index >= 15 is 0 Å². The number of ether oxygens (including phenoxy) is 1. The number of aliphatic hydroxyl groups excluding tert-OH is 2. The zero-order chi connectivity index (χ0) is 20.5. The van der Waals surface area contributed by atoms with Gasteiger partial charge in [0, 0.05) is 22.4 Å². The molecule has 2 N–H and O–H groups in total. The van der Waals surface area contributed by atoms with E-state index in [9.17, 15) is 15.0 Å². The molecule has 2 aromatic rings. The molecular formula is C22H23ClN2O4. The lowest BCUT2D eigenvalue weighted by atomic mass is 9.86. The van der Waals surface area contributed by atoms with Crippen LogP contribution in [-0.4, -0.2) is 58.1 Å². The van der Waals surface area contributed by atoms with Crippen LogP contribution in [0, 0.1) is 0 Å². The molecule has 1 aliphatic heterocycles. The number of fused-ring (bicyclic) bond motifs is 2. The second-order valence-electron chi connectivity index (χ2n) is 7.28. The van der Waals surface area contributed by atoms with Crippen molar-refractivity contribution in [2.24, 2.45) is 0 Å². The number of aliphatic hydroxyl groups is 2. The molecule has 1 aromatic carbocycles. The quantitative estimate of drug-likeness (QED) is 0.749. The van der Waals surface area contributed by atoms with E-state index in [1.807, 2.05) is 24.3 Å². The van der Waals surface area contributed by atoms with Crippen LogP contribution in [0.3, 0.4) is 0 Å². The van der Waals surface area contributed by atoms with Crippen molar-refractivity contribution < 1.29 is 19.7 Å². The highest BCUT2D eigenvalue weighted by Crippen LogP contribution is 2.38. The van der Waals surface area contributed by atoms with E-state index in [1.54, 1.807) is 19.2 Å². The molecule has 2 heterocycles. The summed E-state index contributed by atoms with van der Waals surface area (Å²) in [5, 5.41) is 22.6. The van der Waals surface area contributed by atoms with Gasteiger partial charge in [-0.15, -0.1) is 0 Å². The molecule has 152 valence electrons. The monoisotopic (exact) mass is 414 g/mol. The Morgan fingerprint density at radius 1 is 1.21 bits per heavy atom. The van der Waals surface area contributed by atoms with Crippen molar-refractivity contribution in [1.82, 2.24) is 9.88 Å². The highest BCUT2D eigenvalue weighted by molar-refractivity contribution is 6.30. The molecule has 2 atom stereocenters. The molecule has 0 spiro atoms. The Bertz CT molecular complexity index is 961. The maximum absolute atomic E-state index is 12.1. The van der Waals surface area contributed by atoms with Gasteiger partial charge in [0.2, 0.25) is 0 Å². The number of aromatic nitrogens is 1. The molecule has 29 heavy (non-hydrogen) atoms. The Balaban J connectivity index is 1.86. The van der Waals surface area contributed by atoms with Gasteiger partial charge in [-0.2, -0.15) is 0 Å². The number of amides is 1. The fourth-order valence-electron chi connectivity index (χ4n) is 4.18. The van der Waals surface area contributed by atoms with Gasteiger partial charge >= 0.3 is 6.09 Å². The fourth-order valence-corrected chi connectivity index (χ4v) is 4.37. The second kappa shape index (κ2) is 8.14. The van der Waals surface area contributed by atoms with E-state index in [1.165, 1.54) is 4.90 Å². The molecular weight excluding hydrogens is 392 g/mol. The molecule has 2 unspecified atom stereocenters. The Kier molecular flexibility index (Phi) is 5.58. The summed E-state index contributed by atoms with van der Waals surface area (Å²) >= 11 is 6.23. The number of pyridine rings is 1. The first-order valence-electron chi connectivity index (χ1n) is 9.74. The van der Waals surface area contributed by atoms with Crippen LogP contribution in [0.25, 0.3) is 5.57 Å². The number of hydrogen-bond donors (Lipinski definition) is 2. The highest BCUT2D eigenvalue weighted by atomic mass is 35.5. The number of carbonyl (C=O) groups excluding carboxylic acids is 1. The van der Waals surface area contributed by atoms with Gasteiger partial charge in [0.1, 0.15) is 0 Å². The Morgan fingerprint density at radius 3 is 2.66 bits per heavy atom. The van der Waals surface area contributed by atoms with Crippen molar-refractivity contribution in [3.63, 3.8) is 0 Å². The maximum Gasteiger partial charge on any atom is 0.409 e. The standard InChI is InChI=1S/C22H23ClN2O4/c1-2-29-22(28)25-11-17(26)20(18(27)12-25)19-16-8-7-15(23)10-14(16)6-5-13-4-3-9-24-21(13)19/h3-4,7-10,17-18,26-27H,2,5-6,11-12H2,1H3. The van der Waals surface area contributed by atoms with Gasteiger partial charge in [-0.1, -0.05) is 23.7 Å². The van der Waals surface area contributed by atoms with E-state index in [4.69, 9.17) is 16.3 Å². The number of β-amino-alcohol motifs (C(OH)–C–C–N with tert-alkyl or cyclic N) is 2. The highest BCUT2D eigenvalue weighted by Gasteiger charge is 2.37. The van der Waals surface area contributed by atoms with Gasteiger partial charge in [0.05, 0.1) is 37.6 Å².